The third-order valence-electron chi connectivity index (χ3n) is 11.1. The molecule has 2 saturated heterocycles. The van der Waals surface area contributed by atoms with E-state index in [-0.39, 0.29) is 41.4 Å². The molecule has 0 unspecified atom stereocenters. The van der Waals surface area contributed by atoms with E-state index in [1.165, 1.54) is 9.80 Å². The van der Waals surface area contributed by atoms with Crippen LogP contribution >= 0.6 is 0 Å². The number of benzene rings is 3. The Hall–Kier alpha value is -4.58. The van der Waals surface area contributed by atoms with Crippen molar-refractivity contribution < 1.29 is 19.2 Å². The standard InChI is InChI=1S/C38H34N2O4/c1-19-10-12-24(16-21(19)3)39-35(41)29-18-28(23-8-6-5-7-9-23)30-26-14-15-27(31(30)34(29)38(39)44)33-32(26)36(42)40(37(33)43)25-13-11-20(2)22(4)17-25/h5-17,26-27,29,31-34H,18H2,1-4H3/t26-,27+,29+,31+,32-,33-,34-/m1/s1. The molecule has 6 aliphatic rings. The summed E-state index contributed by atoms with van der Waals surface area (Å²) in [7, 11) is 0. The molecular weight excluding hydrogens is 548 g/mol. The molecule has 3 aromatic carbocycles. The van der Waals surface area contributed by atoms with Crippen molar-refractivity contribution in [3.8, 4) is 0 Å². The number of hydrogen-bond donors (Lipinski definition) is 0. The first kappa shape index (κ1) is 27.0. The van der Waals surface area contributed by atoms with Gasteiger partial charge in [0.15, 0.2) is 0 Å². The van der Waals surface area contributed by atoms with Gasteiger partial charge in [-0.05, 0) is 97.7 Å². The molecule has 3 fully saturated rings. The third kappa shape index (κ3) is 3.54. The molecule has 2 heterocycles. The van der Waals surface area contributed by atoms with Gasteiger partial charge in [0.25, 0.3) is 0 Å². The first-order valence-electron chi connectivity index (χ1n) is 15.5. The number of allylic oxidation sites excluding steroid dienone is 4. The van der Waals surface area contributed by atoms with E-state index in [9.17, 15) is 19.2 Å². The first-order valence-corrected chi connectivity index (χ1v) is 15.5. The number of carbonyl (C=O) groups excluding carboxylic acids is 4. The van der Waals surface area contributed by atoms with Crippen LogP contribution in [0.15, 0.2) is 84.5 Å². The maximum Gasteiger partial charge on any atom is 0.238 e. The lowest BCUT2D eigenvalue weighted by molar-refractivity contribution is -0.129. The molecule has 6 heteroatoms. The molecule has 4 amide bonds. The van der Waals surface area contributed by atoms with Gasteiger partial charge in [0.05, 0.1) is 35.0 Å². The van der Waals surface area contributed by atoms with E-state index < -0.39 is 23.7 Å². The van der Waals surface area contributed by atoms with Gasteiger partial charge < -0.3 is 0 Å². The van der Waals surface area contributed by atoms with Crippen LogP contribution in [0.3, 0.4) is 0 Å². The van der Waals surface area contributed by atoms with Crippen LogP contribution in [0.4, 0.5) is 11.4 Å². The van der Waals surface area contributed by atoms with Gasteiger partial charge in [-0.15, -0.1) is 0 Å². The number of amides is 4. The number of fused-ring (bicyclic) bond motifs is 1. The molecule has 0 N–H and O–H groups in total. The minimum atomic E-state index is -0.580. The summed E-state index contributed by atoms with van der Waals surface area (Å²) >= 11 is 0. The van der Waals surface area contributed by atoms with Crippen LogP contribution in [-0.4, -0.2) is 23.6 Å². The van der Waals surface area contributed by atoms with Crippen LogP contribution < -0.4 is 9.80 Å². The minimum absolute atomic E-state index is 0.173. The van der Waals surface area contributed by atoms with Crippen molar-refractivity contribution in [1.82, 2.24) is 0 Å². The summed E-state index contributed by atoms with van der Waals surface area (Å²) in [5.41, 5.74) is 8.55. The van der Waals surface area contributed by atoms with Gasteiger partial charge in [0.2, 0.25) is 23.6 Å². The quantitative estimate of drug-likeness (QED) is 0.276. The molecule has 0 spiro atoms. The normalized spacial score (nSPS) is 30.3. The number of aryl methyl sites for hydroxylation is 4. The van der Waals surface area contributed by atoms with Crippen molar-refractivity contribution in [2.75, 3.05) is 9.80 Å². The molecule has 0 radical (unpaired) electrons. The Morgan fingerprint density at radius 1 is 0.568 bits per heavy atom. The van der Waals surface area contributed by atoms with Crippen molar-refractivity contribution in [2.45, 2.75) is 34.1 Å². The second-order valence-electron chi connectivity index (χ2n) is 13.3. The number of anilines is 2. The lowest BCUT2D eigenvalue weighted by Gasteiger charge is -2.51. The zero-order valence-electron chi connectivity index (χ0n) is 25.3. The Balaban J connectivity index is 1.28. The highest BCUT2D eigenvalue weighted by Crippen LogP contribution is 2.63. The van der Waals surface area contributed by atoms with Crippen LogP contribution in [0.1, 0.15) is 34.2 Å². The topological polar surface area (TPSA) is 74.8 Å². The van der Waals surface area contributed by atoms with E-state index in [0.29, 0.717) is 17.8 Å². The molecule has 0 aromatic heterocycles. The summed E-state index contributed by atoms with van der Waals surface area (Å²) in [5, 5.41) is 0. The SMILES string of the molecule is Cc1ccc(N2C(=O)[C@@H]3[C@H]4C=C[C@H](C5=C(c6ccccc6)C[C@@H]6C(=O)N(c7ccc(C)c(C)c7)C(=O)[C@H]6[C@H]54)[C@H]3C2=O)cc1C. The monoisotopic (exact) mass is 582 g/mol. The molecule has 7 atom stereocenters. The second kappa shape index (κ2) is 9.46. The van der Waals surface area contributed by atoms with E-state index in [0.717, 1.165) is 39.0 Å². The van der Waals surface area contributed by atoms with Crippen molar-refractivity contribution in [2.24, 2.45) is 41.4 Å². The molecule has 4 aliphatic carbocycles. The smallest absolute Gasteiger partial charge is 0.238 e. The van der Waals surface area contributed by atoms with Crippen LogP contribution in [-0.2, 0) is 19.2 Å². The summed E-state index contributed by atoms with van der Waals surface area (Å²) in [6, 6.07) is 21.5. The molecular formula is C38H34N2O4. The number of carbonyl (C=O) groups is 4. The van der Waals surface area contributed by atoms with Crippen LogP contribution in [0, 0.1) is 69.1 Å². The maximum atomic E-state index is 14.4. The van der Waals surface area contributed by atoms with Gasteiger partial charge in [-0.3, -0.25) is 24.1 Å². The molecule has 9 rings (SSSR count). The zero-order chi connectivity index (χ0) is 30.6. The highest BCUT2D eigenvalue weighted by molar-refractivity contribution is 6.24. The summed E-state index contributed by atoms with van der Waals surface area (Å²) in [5.74, 6) is -3.93. The van der Waals surface area contributed by atoms with Crippen LogP contribution in [0.25, 0.3) is 5.57 Å². The molecule has 220 valence electrons. The average Bonchev–Trinajstić information content (AvgIpc) is 3.45. The Bertz CT molecular complexity index is 1870. The Morgan fingerprint density at radius 2 is 1.14 bits per heavy atom. The van der Waals surface area contributed by atoms with Crippen molar-refractivity contribution in [3.63, 3.8) is 0 Å². The molecule has 3 aromatic rings. The highest BCUT2D eigenvalue weighted by Gasteiger charge is 2.67. The zero-order valence-corrected chi connectivity index (χ0v) is 25.3. The van der Waals surface area contributed by atoms with Crippen molar-refractivity contribution >= 4 is 40.6 Å². The third-order valence-corrected chi connectivity index (χ3v) is 11.1. The number of imide groups is 2. The number of nitrogens with zero attached hydrogens (tertiary/aromatic N) is 2. The first-order chi connectivity index (χ1) is 21.2. The molecule has 2 aliphatic heterocycles. The molecule has 2 bridgehead atoms. The van der Waals surface area contributed by atoms with Crippen molar-refractivity contribution in [3.05, 3.63) is 112 Å². The van der Waals surface area contributed by atoms with Crippen molar-refractivity contribution in [1.29, 1.82) is 0 Å². The fourth-order valence-electron chi connectivity index (χ4n) is 8.75. The van der Waals surface area contributed by atoms with Gasteiger partial charge in [-0.25, -0.2) is 4.90 Å². The second-order valence-corrected chi connectivity index (χ2v) is 13.3. The highest BCUT2D eigenvalue weighted by atomic mass is 16.2. The predicted octanol–water partition coefficient (Wildman–Crippen LogP) is 6.12. The van der Waals surface area contributed by atoms with Crippen LogP contribution in [0.2, 0.25) is 0 Å². The summed E-state index contributed by atoms with van der Waals surface area (Å²) in [6.07, 6.45) is 4.60. The number of hydrogen-bond acceptors (Lipinski definition) is 4. The maximum absolute atomic E-state index is 14.4. The largest absolute Gasteiger partial charge is 0.274 e. The Kier molecular flexibility index (Phi) is 5.80. The Labute approximate surface area is 257 Å². The molecule has 1 saturated carbocycles. The van der Waals surface area contributed by atoms with E-state index in [1.54, 1.807) is 0 Å². The summed E-state index contributed by atoms with van der Waals surface area (Å²) in [6.45, 7) is 7.99. The van der Waals surface area contributed by atoms with Gasteiger partial charge >= 0.3 is 0 Å². The van der Waals surface area contributed by atoms with Crippen LogP contribution in [0.5, 0.6) is 0 Å². The lowest BCUT2D eigenvalue weighted by atomic mass is 9.49. The van der Waals surface area contributed by atoms with E-state index in [2.05, 4.69) is 24.3 Å². The Morgan fingerprint density at radius 3 is 1.75 bits per heavy atom. The minimum Gasteiger partial charge on any atom is -0.274 e. The van der Waals surface area contributed by atoms with Gasteiger partial charge in [0, 0.05) is 11.8 Å². The van der Waals surface area contributed by atoms with Gasteiger partial charge in [0.1, 0.15) is 0 Å². The summed E-state index contributed by atoms with van der Waals surface area (Å²) < 4.78 is 0. The van der Waals surface area contributed by atoms with E-state index in [4.69, 9.17) is 0 Å². The average molecular weight is 583 g/mol. The lowest BCUT2D eigenvalue weighted by Crippen LogP contribution is -2.51. The molecule has 6 nitrogen and oxygen atoms in total. The van der Waals surface area contributed by atoms with Gasteiger partial charge in [-0.1, -0.05) is 60.2 Å². The predicted molar refractivity (Wildman–Crippen MR) is 168 cm³/mol. The fraction of sp³-hybridized carbons (Fsp3) is 0.316. The van der Waals surface area contributed by atoms with E-state index >= 15 is 0 Å². The summed E-state index contributed by atoms with van der Waals surface area (Å²) in [4.78, 5) is 59.8. The van der Waals surface area contributed by atoms with Gasteiger partial charge in [-0.2, -0.15) is 0 Å². The number of rotatable bonds is 3. The molecule has 44 heavy (non-hydrogen) atoms. The fourth-order valence-corrected chi connectivity index (χ4v) is 8.75. The van der Waals surface area contributed by atoms with E-state index in [1.807, 2.05) is 82.3 Å².